The van der Waals surface area contributed by atoms with Crippen LogP contribution < -0.4 is 10.6 Å². The van der Waals surface area contributed by atoms with Gasteiger partial charge in [0.05, 0.1) is 24.5 Å². The Bertz CT molecular complexity index is 1400. The van der Waals surface area contributed by atoms with Crippen molar-refractivity contribution < 1.29 is 13.9 Å². The number of para-hydroxylation sites is 1. The first-order valence-corrected chi connectivity index (χ1v) is 12.5. The highest BCUT2D eigenvalue weighted by atomic mass is 19.1. The minimum absolute atomic E-state index is 0.0961. The fraction of sp³-hybridized carbons (Fsp3) is 0.333. The van der Waals surface area contributed by atoms with Crippen molar-refractivity contribution in [2.45, 2.75) is 18.9 Å². The molecule has 1 aliphatic heterocycles. The maximum absolute atomic E-state index is 13.9. The Labute approximate surface area is 220 Å². The van der Waals surface area contributed by atoms with E-state index in [9.17, 15) is 9.18 Å². The van der Waals surface area contributed by atoms with Crippen molar-refractivity contribution in [1.29, 1.82) is 0 Å². The van der Waals surface area contributed by atoms with Gasteiger partial charge in [-0.1, -0.05) is 18.2 Å². The molecule has 2 atom stereocenters. The summed E-state index contributed by atoms with van der Waals surface area (Å²) in [4.78, 5) is 19.3. The van der Waals surface area contributed by atoms with Crippen LogP contribution >= 0.6 is 0 Å². The number of benzene rings is 1. The van der Waals surface area contributed by atoms with E-state index in [-0.39, 0.29) is 18.0 Å². The fourth-order valence-corrected chi connectivity index (χ4v) is 4.95. The molecule has 0 radical (unpaired) electrons. The average molecular weight is 519 g/mol. The molecule has 198 valence electrons. The Morgan fingerprint density at radius 3 is 2.74 bits per heavy atom. The van der Waals surface area contributed by atoms with Gasteiger partial charge in [0, 0.05) is 63.2 Å². The molecule has 0 bridgehead atoms. The van der Waals surface area contributed by atoms with Gasteiger partial charge in [0.15, 0.2) is 0 Å². The van der Waals surface area contributed by atoms with Gasteiger partial charge in [0.25, 0.3) is 0 Å². The zero-order valence-electron chi connectivity index (χ0n) is 21.6. The molecular formula is C27H31FN8O2. The lowest BCUT2D eigenvalue weighted by Crippen LogP contribution is -2.42. The number of pyridine rings is 1. The van der Waals surface area contributed by atoms with Gasteiger partial charge in [-0.3, -0.25) is 14.9 Å². The largest absolute Gasteiger partial charge is 0.383 e. The highest BCUT2D eigenvalue weighted by Gasteiger charge is 2.35. The number of nitrogens with zero attached hydrogens (tertiary/aromatic N) is 6. The molecule has 11 heteroatoms. The molecule has 0 aliphatic carbocycles. The molecule has 2 N–H and O–H groups in total. The topological polar surface area (TPSA) is 102 Å². The number of hydrogen-bond donors (Lipinski definition) is 2. The number of hydrogen-bond acceptors (Lipinski definition) is 6. The van der Waals surface area contributed by atoms with Gasteiger partial charge in [-0.2, -0.15) is 14.6 Å². The zero-order chi connectivity index (χ0) is 26.6. The monoisotopic (exact) mass is 518 g/mol. The summed E-state index contributed by atoms with van der Waals surface area (Å²) in [5.41, 5.74) is 4.02. The molecule has 4 aromatic rings. The number of aryl methyl sites for hydroxylation is 1. The van der Waals surface area contributed by atoms with E-state index in [1.807, 2.05) is 50.5 Å². The molecule has 10 nitrogen and oxygen atoms in total. The number of nitrogens with one attached hydrogen (secondary N) is 2. The number of amides is 2. The molecule has 1 saturated heterocycles. The van der Waals surface area contributed by atoms with Crippen LogP contribution in [0.3, 0.4) is 0 Å². The van der Waals surface area contributed by atoms with Crippen LogP contribution in [0, 0.1) is 12.9 Å². The summed E-state index contributed by atoms with van der Waals surface area (Å²) in [7, 11) is 3.51. The van der Waals surface area contributed by atoms with Gasteiger partial charge < -0.3 is 10.1 Å². The maximum Gasteiger partial charge on any atom is 0.320 e. The zero-order valence-corrected chi connectivity index (χ0v) is 21.6. The van der Waals surface area contributed by atoms with Crippen molar-refractivity contribution in [3.8, 4) is 16.9 Å². The Morgan fingerprint density at radius 1 is 1.21 bits per heavy atom. The first-order valence-electron chi connectivity index (χ1n) is 12.5. The number of carbonyl (C=O) groups is 1. The number of rotatable bonds is 8. The molecule has 5 rings (SSSR count). The minimum Gasteiger partial charge on any atom is -0.383 e. The van der Waals surface area contributed by atoms with Crippen molar-refractivity contribution in [3.63, 3.8) is 0 Å². The molecule has 0 unspecified atom stereocenters. The number of halogens is 1. The van der Waals surface area contributed by atoms with E-state index < -0.39 is 5.95 Å². The molecule has 1 aromatic carbocycles. The van der Waals surface area contributed by atoms with Gasteiger partial charge in [0.1, 0.15) is 11.5 Å². The number of aromatic nitrogens is 5. The third kappa shape index (κ3) is 5.43. The van der Waals surface area contributed by atoms with Crippen LogP contribution in [0.25, 0.3) is 16.9 Å². The van der Waals surface area contributed by atoms with Gasteiger partial charge in [-0.15, -0.1) is 0 Å². The summed E-state index contributed by atoms with van der Waals surface area (Å²) >= 11 is 0. The molecule has 1 fully saturated rings. The van der Waals surface area contributed by atoms with E-state index >= 15 is 0 Å². The molecule has 0 spiro atoms. The second-order valence-corrected chi connectivity index (χ2v) is 9.45. The standard InChI is InChI=1S/C27H31FN8O2/c1-18-25(20-14-30-34(2)15-20)33-36(21-7-5-4-6-8-21)26(18)32-27(37)31-23-17-35(11-12-38-3)16-22(23)19-9-10-29-24(28)13-19/h4-10,13-15,22-23H,11-12,16-17H2,1-3H3,(H2,31,32,37)/t22-,23+/m0/s1. The van der Waals surface area contributed by atoms with Crippen molar-refractivity contribution in [2.24, 2.45) is 7.05 Å². The summed E-state index contributed by atoms with van der Waals surface area (Å²) in [6.45, 7) is 4.50. The molecule has 1 aliphatic rings. The SMILES string of the molecule is COCCN1C[C@@H](NC(=O)Nc2c(C)c(-c3cnn(C)c3)nn2-c2ccccc2)[C@H](c2ccnc(F)c2)C1. The molecular weight excluding hydrogens is 487 g/mol. The van der Waals surface area contributed by atoms with E-state index in [0.717, 1.165) is 28.1 Å². The normalized spacial score (nSPS) is 17.6. The number of carbonyl (C=O) groups excluding carboxylic acids is 1. The third-order valence-electron chi connectivity index (χ3n) is 6.84. The lowest BCUT2D eigenvalue weighted by atomic mass is 9.95. The van der Waals surface area contributed by atoms with Crippen molar-refractivity contribution >= 4 is 11.8 Å². The van der Waals surface area contributed by atoms with Crippen LogP contribution in [-0.2, 0) is 11.8 Å². The van der Waals surface area contributed by atoms with E-state index in [4.69, 9.17) is 9.84 Å². The van der Waals surface area contributed by atoms with Crippen LogP contribution in [0.5, 0.6) is 0 Å². The Hall–Kier alpha value is -4.09. The molecule has 38 heavy (non-hydrogen) atoms. The summed E-state index contributed by atoms with van der Waals surface area (Å²) in [6.07, 6.45) is 5.10. The van der Waals surface area contributed by atoms with Crippen molar-refractivity contribution in [1.82, 2.24) is 34.8 Å². The first-order chi connectivity index (χ1) is 18.4. The second-order valence-electron chi connectivity index (χ2n) is 9.45. The van der Waals surface area contributed by atoms with Crippen LogP contribution in [0.4, 0.5) is 15.0 Å². The highest BCUT2D eigenvalue weighted by molar-refractivity contribution is 5.91. The van der Waals surface area contributed by atoms with Crippen LogP contribution in [-0.4, -0.2) is 74.9 Å². The van der Waals surface area contributed by atoms with E-state index in [0.29, 0.717) is 32.1 Å². The molecule has 3 aromatic heterocycles. The summed E-state index contributed by atoms with van der Waals surface area (Å²) in [5.74, 6) is -0.0687. The number of ether oxygens (including phenoxy) is 1. The predicted octanol–water partition coefficient (Wildman–Crippen LogP) is 3.35. The van der Waals surface area contributed by atoms with E-state index in [2.05, 4.69) is 25.6 Å². The molecule has 4 heterocycles. The average Bonchev–Trinajstić information content (AvgIpc) is 3.61. The summed E-state index contributed by atoms with van der Waals surface area (Å²) in [6, 6.07) is 12.3. The Morgan fingerprint density at radius 2 is 2.03 bits per heavy atom. The lowest BCUT2D eigenvalue weighted by molar-refractivity contribution is 0.159. The molecule has 0 saturated carbocycles. The van der Waals surface area contributed by atoms with Gasteiger partial charge in [-0.25, -0.2) is 14.5 Å². The lowest BCUT2D eigenvalue weighted by Gasteiger charge is -2.21. The Kier molecular flexibility index (Phi) is 7.47. The number of methoxy groups -OCH3 is 1. The smallest absolute Gasteiger partial charge is 0.320 e. The van der Waals surface area contributed by atoms with Gasteiger partial charge in [0.2, 0.25) is 5.95 Å². The second kappa shape index (κ2) is 11.1. The summed E-state index contributed by atoms with van der Waals surface area (Å²) < 4.78 is 22.6. The first kappa shape index (κ1) is 25.6. The Balaban J connectivity index is 1.41. The van der Waals surface area contributed by atoms with Crippen LogP contribution in [0.1, 0.15) is 17.0 Å². The van der Waals surface area contributed by atoms with Gasteiger partial charge >= 0.3 is 6.03 Å². The number of anilines is 1. The summed E-state index contributed by atoms with van der Waals surface area (Å²) in [5, 5.41) is 15.3. The van der Waals surface area contributed by atoms with Crippen LogP contribution in [0.2, 0.25) is 0 Å². The minimum atomic E-state index is -0.536. The predicted molar refractivity (Wildman–Crippen MR) is 142 cm³/mol. The van der Waals surface area contributed by atoms with Crippen molar-refractivity contribution in [2.75, 3.05) is 38.7 Å². The number of likely N-dealkylation sites (tertiary alicyclic amines) is 1. The number of urea groups is 1. The van der Waals surface area contributed by atoms with Gasteiger partial charge in [-0.05, 0) is 36.8 Å². The fourth-order valence-electron chi connectivity index (χ4n) is 4.95. The van der Waals surface area contributed by atoms with E-state index in [1.165, 1.54) is 12.3 Å². The quantitative estimate of drug-likeness (QED) is 0.347. The maximum atomic E-state index is 13.9. The third-order valence-corrected chi connectivity index (χ3v) is 6.84. The molecule has 2 amide bonds. The van der Waals surface area contributed by atoms with Crippen LogP contribution in [0.15, 0.2) is 61.1 Å². The van der Waals surface area contributed by atoms with Crippen molar-refractivity contribution in [3.05, 3.63) is 78.1 Å². The van der Waals surface area contributed by atoms with E-state index in [1.54, 1.807) is 28.7 Å². The highest BCUT2D eigenvalue weighted by Crippen LogP contribution is 2.31.